The number of urea groups is 1. The Morgan fingerprint density at radius 1 is 1.19 bits per heavy atom. The van der Waals surface area contributed by atoms with Crippen molar-refractivity contribution >= 4 is 35.2 Å². The highest BCUT2D eigenvalue weighted by Crippen LogP contribution is 2.42. The van der Waals surface area contributed by atoms with Gasteiger partial charge in [-0.2, -0.15) is 5.01 Å². The van der Waals surface area contributed by atoms with Gasteiger partial charge in [0.05, 0.1) is 0 Å². The minimum absolute atomic E-state index is 0.347. The first-order chi connectivity index (χ1) is 15.5. The van der Waals surface area contributed by atoms with E-state index in [0.717, 1.165) is 41.0 Å². The Bertz CT molecular complexity index is 1120. The van der Waals surface area contributed by atoms with Crippen LogP contribution in [0.2, 0.25) is 0 Å². The third kappa shape index (κ3) is 3.50. The number of nitrogens with one attached hydrogen (secondary N) is 2. The normalized spacial score (nSPS) is 18.4. The first-order valence-corrected chi connectivity index (χ1v) is 11.3. The molecule has 0 bridgehead atoms. The van der Waals surface area contributed by atoms with Crippen LogP contribution in [0.4, 0.5) is 4.79 Å². The molecule has 2 aliphatic heterocycles. The monoisotopic (exact) mass is 455 g/mol. The van der Waals surface area contributed by atoms with E-state index < -0.39 is 36.0 Å². The van der Waals surface area contributed by atoms with Gasteiger partial charge in [0.25, 0.3) is 11.8 Å². The number of imide groups is 1. The quantitative estimate of drug-likeness (QED) is 0.541. The number of hydrazine groups is 1. The Morgan fingerprint density at radius 3 is 2.78 bits per heavy atom. The molecule has 0 unspecified atom stereocenters. The molecule has 0 atom stereocenters. The molecule has 1 saturated heterocycles. The zero-order valence-electron chi connectivity index (χ0n) is 17.1. The van der Waals surface area contributed by atoms with E-state index in [9.17, 15) is 19.2 Å². The molecule has 166 valence electrons. The van der Waals surface area contributed by atoms with Gasteiger partial charge in [-0.25, -0.2) is 9.59 Å². The molecule has 3 heterocycles. The van der Waals surface area contributed by atoms with E-state index in [1.54, 1.807) is 6.07 Å². The number of carbonyl (C=O) groups is 4. The van der Waals surface area contributed by atoms with E-state index in [0.29, 0.717) is 29.3 Å². The number of carbonyl (C=O) groups excluding carboxylic acids is 4. The maximum Gasteiger partial charge on any atom is 0.348 e. The van der Waals surface area contributed by atoms with E-state index in [1.807, 2.05) is 24.3 Å². The number of nitrogens with zero attached hydrogens (tertiary/aromatic N) is 1. The van der Waals surface area contributed by atoms with Crippen LogP contribution in [0.15, 0.2) is 30.3 Å². The lowest BCUT2D eigenvalue weighted by Crippen LogP contribution is -2.51. The number of ether oxygens (including phenoxy) is 2. The largest absolute Gasteiger partial charge is 0.488 e. The van der Waals surface area contributed by atoms with Gasteiger partial charge in [-0.15, -0.1) is 11.3 Å². The topological polar surface area (TPSA) is 114 Å². The number of rotatable bonds is 4. The minimum atomic E-state index is -0.937. The molecule has 4 amide bonds. The number of para-hydroxylation sites is 1. The van der Waals surface area contributed by atoms with Gasteiger partial charge in [0.15, 0.2) is 6.61 Å². The van der Waals surface area contributed by atoms with Crippen molar-refractivity contribution < 1.29 is 28.7 Å². The van der Waals surface area contributed by atoms with Gasteiger partial charge in [-0.3, -0.25) is 15.0 Å². The van der Waals surface area contributed by atoms with Crippen LogP contribution >= 0.6 is 11.3 Å². The number of esters is 1. The Labute approximate surface area is 187 Å². The Hall–Kier alpha value is -3.40. The minimum Gasteiger partial charge on any atom is -0.488 e. The summed E-state index contributed by atoms with van der Waals surface area (Å²) in [6, 6.07) is 8.60. The zero-order chi connectivity index (χ0) is 22.3. The van der Waals surface area contributed by atoms with Gasteiger partial charge in [0, 0.05) is 16.0 Å². The predicted molar refractivity (Wildman–Crippen MR) is 114 cm³/mol. The summed E-state index contributed by atoms with van der Waals surface area (Å²) in [4.78, 5) is 51.0. The fraction of sp³-hybridized carbons (Fsp3) is 0.364. The molecule has 0 radical (unpaired) electrons. The Balaban J connectivity index is 1.20. The molecule has 2 N–H and O–H groups in total. The highest BCUT2D eigenvalue weighted by molar-refractivity contribution is 7.17. The molecule has 3 aliphatic rings. The third-order valence-electron chi connectivity index (χ3n) is 5.96. The van der Waals surface area contributed by atoms with E-state index >= 15 is 0 Å². The summed E-state index contributed by atoms with van der Waals surface area (Å²) in [7, 11) is 0. The van der Waals surface area contributed by atoms with Gasteiger partial charge >= 0.3 is 12.0 Å². The van der Waals surface area contributed by atoms with Gasteiger partial charge in [-0.1, -0.05) is 31.4 Å². The molecule has 10 heteroatoms. The molecule has 32 heavy (non-hydrogen) atoms. The summed E-state index contributed by atoms with van der Waals surface area (Å²) >= 11 is 1.27. The number of fused-ring (bicyclic) bond motifs is 3. The van der Waals surface area contributed by atoms with Crippen LogP contribution in [0, 0.1) is 0 Å². The summed E-state index contributed by atoms with van der Waals surface area (Å²) in [6.45, 7) is -0.261. The van der Waals surface area contributed by atoms with E-state index in [1.165, 1.54) is 11.3 Å². The Kier molecular flexibility index (Phi) is 5.09. The summed E-state index contributed by atoms with van der Waals surface area (Å²) in [5.74, 6) is -1.13. The molecule has 1 saturated carbocycles. The standard InChI is InChI=1S/C22H21N3O6S/c26-17(24-25-20(28)22(23-21(25)29)8-4-1-5-9-22)12-31-19(27)16-10-13-11-30-15-7-3-2-6-14(15)18(13)32-16/h2-3,6-7,10H,1,4-5,8-9,11-12H2,(H,23,29)(H,24,26). The van der Waals surface area contributed by atoms with Crippen LogP contribution < -0.4 is 15.5 Å². The van der Waals surface area contributed by atoms with Gasteiger partial charge in [0.1, 0.15) is 22.8 Å². The van der Waals surface area contributed by atoms with Crippen LogP contribution in [-0.2, 0) is 20.9 Å². The molecular weight excluding hydrogens is 434 g/mol. The molecule has 5 rings (SSSR count). The lowest BCUT2D eigenvalue weighted by Gasteiger charge is -2.30. The third-order valence-corrected chi connectivity index (χ3v) is 7.16. The average molecular weight is 455 g/mol. The van der Waals surface area contributed by atoms with Crippen molar-refractivity contribution in [3.8, 4) is 16.2 Å². The fourth-order valence-electron chi connectivity index (χ4n) is 4.38. The van der Waals surface area contributed by atoms with E-state index in [-0.39, 0.29) is 0 Å². The molecule has 9 nitrogen and oxygen atoms in total. The predicted octanol–water partition coefficient (Wildman–Crippen LogP) is 2.75. The SMILES string of the molecule is O=C(COC(=O)c1cc2c(s1)-c1ccccc1OC2)NN1C(=O)NC2(CCCCC2)C1=O. The number of benzene rings is 1. The van der Waals surface area contributed by atoms with Crippen molar-refractivity contribution in [1.82, 2.24) is 15.8 Å². The highest BCUT2D eigenvalue weighted by atomic mass is 32.1. The van der Waals surface area contributed by atoms with Crippen LogP contribution in [0.25, 0.3) is 10.4 Å². The zero-order valence-corrected chi connectivity index (χ0v) is 18.0. The van der Waals surface area contributed by atoms with Gasteiger partial charge in [0.2, 0.25) is 0 Å². The van der Waals surface area contributed by atoms with Crippen molar-refractivity contribution in [3.05, 3.63) is 40.8 Å². The summed E-state index contributed by atoms with van der Waals surface area (Å²) in [6.07, 6.45) is 3.79. The number of thiophene rings is 1. The second-order valence-electron chi connectivity index (χ2n) is 8.07. The van der Waals surface area contributed by atoms with Crippen LogP contribution in [0.3, 0.4) is 0 Å². The van der Waals surface area contributed by atoms with Gasteiger partial charge < -0.3 is 14.8 Å². The summed E-state index contributed by atoms with van der Waals surface area (Å²) < 4.78 is 10.8. The second-order valence-corrected chi connectivity index (χ2v) is 9.13. The molecule has 1 spiro atoms. The second kappa shape index (κ2) is 7.94. The Morgan fingerprint density at radius 2 is 1.97 bits per heavy atom. The maximum atomic E-state index is 12.7. The lowest BCUT2D eigenvalue weighted by molar-refractivity contribution is -0.140. The molecule has 2 fully saturated rings. The van der Waals surface area contributed by atoms with Gasteiger partial charge in [-0.05, 0) is 31.0 Å². The average Bonchev–Trinajstić information content (AvgIpc) is 3.34. The summed E-state index contributed by atoms with van der Waals surface area (Å²) in [5, 5.41) is 3.40. The molecule has 2 aromatic rings. The first kappa shape index (κ1) is 20.5. The van der Waals surface area contributed by atoms with Crippen molar-refractivity contribution in [3.63, 3.8) is 0 Å². The summed E-state index contributed by atoms with van der Waals surface area (Å²) in [5.41, 5.74) is 3.11. The van der Waals surface area contributed by atoms with Crippen molar-refractivity contribution in [2.45, 2.75) is 44.2 Å². The molecule has 1 aromatic carbocycles. The molecule has 1 aromatic heterocycles. The van der Waals surface area contributed by atoms with Crippen molar-refractivity contribution in [2.75, 3.05) is 6.61 Å². The van der Waals surface area contributed by atoms with Crippen LogP contribution in [0.1, 0.15) is 47.3 Å². The first-order valence-electron chi connectivity index (χ1n) is 10.5. The lowest BCUT2D eigenvalue weighted by atomic mass is 9.82. The highest BCUT2D eigenvalue weighted by Gasteiger charge is 2.52. The van der Waals surface area contributed by atoms with E-state index in [2.05, 4.69) is 10.7 Å². The van der Waals surface area contributed by atoms with Crippen molar-refractivity contribution in [2.24, 2.45) is 0 Å². The molecular formula is C22H21N3O6S. The van der Waals surface area contributed by atoms with Crippen LogP contribution in [-0.4, -0.2) is 41.0 Å². The smallest absolute Gasteiger partial charge is 0.348 e. The van der Waals surface area contributed by atoms with E-state index in [4.69, 9.17) is 9.47 Å². The maximum absolute atomic E-state index is 12.7. The van der Waals surface area contributed by atoms with Crippen LogP contribution in [0.5, 0.6) is 5.75 Å². The van der Waals surface area contributed by atoms with Crippen molar-refractivity contribution in [1.29, 1.82) is 0 Å². The number of hydrogen-bond donors (Lipinski definition) is 2. The number of amides is 4. The fourth-order valence-corrected chi connectivity index (χ4v) is 5.47. The molecule has 1 aliphatic carbocycles. The number of hydrogen-bond acceptors (Lipinski definition) is 7.